The third kappa shape index (κ3) is 5.85. The van der Waals surface area contributed by atoms with Crippen molar-refractivity contribution < 1.29 is 19.1 Å². The van der Waals surface area contributed by atoms with Gasteiger partial charge in [0.15, 0.2) is 0 Å². The normalized spacial score (nSPS) is 15.2. The number of rotatable bonds is 8. The predicted octanol–water partition coefficient (Wildman–Crippen LogP) is 4.06. The molecule has 0 spiro atoms. The number of nitrogens with zero attached hydrogens (tertiary/aromatic N) is 1. The summed E-state index contributed by atoms with van der Waals surface area (Å²) in [7, 11) is 0. The first-order valence-corrected chi connectivity index (χ1v) is 9.86. The van der Waals surface area contributed by atoms with Crippen molar-refractivity contribution in [1.29, 1.82) is 0 Å². The van der Waals surface area contributed by atoms with Gasteiger partial charge in [-0.1, -0.05) is 26.0 Å². The summed E-state index contributed by atoms with van der Waals surface area (Å²) in [4.78, 5) is 27.5. The van der Waals surface area contributed by atoms with Crippen molar-refractivity contribution in [3.05, 3.63) is 58.8 Å². The lowest BCUT2D eigenvalue weighted by Gasteiger charge is -2.09. The number of carbonyl (C=O) groups is 2. The number of benzene rings is 1. The van der Waals surface area contributed by atoms with E-state index in [2.05, 4.69) is 24.1 Å². The summed E-state index contributed by atoms with van der Waals surface area (Å²) >= 11 is 0.904. The van der Waals surface area contributed by atoms with Crippen LogP contribution in [0.1, 0.15) is 25.1 Å². The van der Waals surface area contributed by atoms with Gasteiger partial charge in [-0.25, -0.2) is 0 Å². The average molecular weight is 398 g/mol. The van der Waals surface area contributed by atoms with Crippen LogP contribution in [0.2, 0.25) is 0 Å². The van der Waals surface area contributed by atoms with E-state index in [0.29, 0.717) is 30.5 Å². The lowest BCUT2D eigenvalue weighted by Crippen LogP contribution is -2.17. The fraction of sp³-hybridized carbons (Fsp3) is 0.286. The molecule has 0 atom stereocenters. The van der Waals surface area contributed by atoms with E-state index in [1.54, 1.807) is 12.3 Å². The number of ether oxygens (including phenoxy) is 2. The van der Waals surface area contributed by atoms with Crippen molar-refractivity contribution in [1.82, 2.24) is 10.3 Å². The number of thioether (sulfide) groups is 1. The van der Waals surface area contributed by atoms with Gasteiger partial charge >= 0.3 is 0 Å². The highest BCUT2D eigenvalue weighted by Crippen LogP contribution is 2.26. The zero-order valence-electron chi connectivity index (χ0n) is 15.8. The zero-order valence-corrected chi connectivity index (χ0v) is 16.6. The summed E-state index contributed by atoms with van der Waals surface area (Å²) < 4.78 is 11.4. The third-order valence-electron chi connectivity index (χ3n) is 3.83. The number of aromatic nitrogens is 1. The number of pyridine rings is 1. The summed E-state index contributed by atoms with van der Waals surface area (Å²) in [6.07, 6.45) is 4.11. The average Bonchev–Trinajstić information content (AvgIpc) is 2.99. The Morgan fingerprint density at radius 2 is 1.82 bits per heavy atom. The highest BCUT2D eigenvalue weighted by Gasteiger charge is 2.24. The van der Waals surface area contributed by atoms with Crippen molar-refractivity contribution in [2.75, 3.05) is 13.2 Å². The maximum absolute atomic E-state index is 11.6. The molecule has 28 heavy (non-hydrogen) atoms. The largest absolute Gasteiger partial charge is 0.493 e. The minimum atomic E-state index is -0.358. The van der Waals surface area contributed by atoms with Gasteiger partial charge in [-0.05, 0) is 53.6 Å². The van der Waals surface area contributed by atoms with Gasteiger partial charge in [0.25, 0.3) is 11.1 Å². The van der Waals surface area contributed by atoms with E-state index in [-0.39, 0.29) is 11.1 Å². The Kier molecular flexibility index (Phi) is 6.71. The molecule has 1 aromatic heterocycles. The Morgan fingerprint density at radius 3 is 2.43 bits per heavy atom. The number of imide groups is 1. The van der Waals surface area contributed by atoms with Gasteiger partial charge in [0.05, 0.1) is 24.3 Å². The summed E-state index contributed by atoms with van der Waals surface area (Å²) in [6.45, 7) is 5.39. The summed E-state index contributed by atoms with van der Waals surface area (Å²) in [6, 6.07) is 11.2. The molecule has 7 heteroatoms. The van der Waals surface area contributed by atoms with Crippen molar-refractivity contribution in [2.45, 2.75) is 20.3 Å². The van der Waals surface area contributed by atoms with Crippen LogP contribution in [0.3, 0.4) is 0 Å². The fourth-order valence-corrected chi connectivity index (χ4v) is 3.10. The van der Waals surface area contributed by atoms with Gasteiger partial charge in [0.2, 0.25) is 0 Å². The van der Waals surface area contributed by atoms with Crippen molar-refractivity contribution in [3.63, 3.8) is 0 Å². The molecular formula is C21H22N2O4S. The van der Waals surface area contributed by atoms with Crippen molar-refractivity contribution in [3.8, 4) is 11.5 Å². The van der Waals surface area contributed by atoms with Crippen LogP contribution in [0, 0.1) is 5.92 Å². The maximum atomic E-state index is 11.6. The Hall–Kier alpha value is -2.80. The topological polar surface area (TPSA) is 77.5 Å². The number of carbonyl (C=O) groups excluding carboxylic acids is 2. The second-order valence-electron chi connectivity index (χ2n) is 6.71. The minimum Gasteiger partial charge on any atom is -0.493 e. The number of hydrogen-bond acceptors (Lipinski definition) is 6. The molecular weight excluding hydrogens is 376 g/mol. The quantitative estimate of drug-likeness (QED) is 0.676. The molecule has 1 fully saturated rings. The second kappa shape index (κ2) is 9.41. The molecule has 1 aliphatic heterocycles. The van der Waals surface area contributed by atoms with Crippen LogP contribution in [-0.4, -0.2) is 29.3 Å². The SMILES string of the molecule is CC(C)COc1ccc(CCOc2ccc(C=C3SC(=O)NC3=O)cc2)nc1. The molecule has 1 N–H and O–H groups in total. The molecule has 2 aromatic rings. The fourth-order valence-electron chi connectivity index (χ4n) is 2.41. The monoisotopic (exact) mass is 398 g/mol. The molecule has 0 unspecified atom stereocenters. The number of amides is 2. The van der Waals surface area contributed by atoms with Gasteiger partial charge in [-0.15, -0.1) is 0 Å². The predicted molar refractivity (Wildman–Crippen MR) is 109 cm³/mol. The standard InChI is InChI=1S/C21H22N2O4S/c1-14(2)13-27-18-8-5-16(22-12-18)9-10-26-17-6-3-15(4-7-17)11-19-20(24)23-21(25)28-19/h3-8,11-12,14H,9-10,13H2,1-2H3,(H,23,24,25). The summed E-state index contributed by atoms with van der Waals surface area (Å²) in [5, 5.41) is 1.89. The Balaban J connectivity index is 1.47. The van der Waals surface area contributed by atoms with Gasteiger partial charge in [-0.2, -0.15) is 0 Å². The summed E-state index contributed by atoms with van der Waals surface area (Å²) in [5.74, 6) is 1.63. The van der Waals surface area contributed by atoms with Gasteiger partial charge in [-0.3, -0.25) is 19.9 Å². The molecule has 3 rings (SSSR count). The van der Waals surface area contributed by atoms with Gasteiger partial charge in [0, 0.05) is 12.1 Å². The lowest BCUT2D eigenvalue weighted by atomic mass is 10.2. The Labute approximate surface area is 168 Å². The first-order chi connectivity index (χ1) is 13.5. The van der Waals surface area contributed by atoms with Crippen LogP contribution < -0.4 is 14.8 Å². The van der Waals surface area contributed by atoms with Crippen molar-refractivity contribution >= 4 is 29.0 Å². The van der Waals surface area contributed by atoms with Crippen LogP contribution in [0.4, 0.5) is 4.79 Å². The van der Waals surface area contributed by atoms with E-state index < -0.39 is 0 Å². The number of nitrogens with one attached hydrogen (secondary N) is 1. The molecule has 0 bridgehead atoms. The molecule has 1 aliphatic rings. The first-order valence-electron chi connectivity index (χ1n) is 9.05. The second-order valence-corrected chi connectivity index (χ2v) is 7.72. The first kappa shape index (κ1) is 19.9. The molecule has 0 radical (unpaired) electrons. The minimum absolute atomic E-state index is 0.343. The van der Waals surface area contributed by atoms with Crippen LogP contribution in [0.15, 0.2) is 47.5 Å². The van der Waals surface area contributed by atoms with Crippen LogP contribution in [-0.2, 0) is 11.2 Å². The van der Waals surface area contributed by atoms with E-state index in [4.69, 9.17) is 9.47 Å². The van der Waals surface area contributed by atoms with E-state index in [0.717, 1.165) is 34.5 Å². The Bertz CT molecular complexity index is 861. The molecule has 0 saturated carbocycles. The molecule has 2 heterocycles. The molecule has 0 aliphatic carbocycles. The molecule has 146 valence electrons. The highest BCUT2D eigenvalue weighted by atomic mass is 32.2. The van der Waals surface area contributed by atoms with Crippen LogP contribution in [0.5, 0.6) is 11.5 Å². The molecule has 6 nitrogen and oxygen atoms in total. The zero-order chi connectivity index (χ0) is 19.9. The summed E-state index contributed by atoms with van der Waals surface area (Å²) in [5.41, 5.74) is 1.77. The maximum Gasteiger partial charge on any atom is 0.290 e. The molecule has 1 saturated heterocycles. The van der Waals surface area contributed by atoms with E-state index >= 15 is 0 Å². The van der Waals surface area contributed by atoms with Crippen LogP contribution in [0.25, 0.3) is 6.08 Å². The van der Waals surface area contributed by atoms with Gasteiger partial charge < -0.3 is 9.47 Å². The van der Waals surface area contributed by atoms with E-state index in [9.17, 15) is 9.59 Å². The van der Waals surface area contributed by atoms with E-state index in [1.165, 1.54) is 0 Å². The van der Waals surface area contributed by atoms with E-state index in [1.807, 2.05) is 36.4 Å². The smallest absolute Gasteiger partial charge is 0.290 e. The molecule has 1 aromatic carbocycles. The van der Waals surface area contributed by atoms with Gasteiger partial charge in [0.1, 0.15) is 11.5 Å². The highest BCUT2D eigenvalue weighted by molar-refractivity contribution is 8.18. The third-order valence-corrected chi connectivity index (χ3v) is 4.64. The van der Waals surface area contributed by atoms with Crippen molar-refractivity contribution in [2.24, 2.45) is 5.92 Å². The molecule has 2 amide bonds. The number of hydrogen-bond donors (Lipinski definition) is 1. The Morgan fingerprint density at radius 1 is 1.07 bits per heavy atom. The van der Waals surface area contributed by atoms with Crippen LogP contribution >= 0.6 is 11.8 Å². The lowest BCUT2D eigenvalue weighted by molar-refractivity contribution is -0.115.